The van der Waals surface area contributed by atoms with Crippen LogP contribution in [0.25, 0.3) is 66.7 Å². The summed E-state index contributed by atoms with van der Waals surface area (Å²) in [6, 6.07) is 50.2. The maximum absolute atomic E-state index is 5.59. The van der Waals surface area contributed by atoms with Crippen LogP contribution in [0.4, 0.5) is 17.2 Å². The summed E-state index contributed by atoms with van der Waals surface area (Å²) in [7, 11) is 0. The van der Waals surface area contributed by atoms with Crippen LogP contribution in [-0.4, -0.2) is 15.0 Å². The maximum atomic E-state index is 5.59. The molecule has 1 N–H and O–H groups in total. The van der Waals surface area contributed by atoms with Gasteiger partial charge in [0.1, 0.15) is 5.82 Å². The second-order valence-electron chi connectivity index (χ2n) is 16.1. The summed E-state index contributed by atoms with van der Waals surface area (Å²) in [4.78, 5) is 17.2. The van der Waals surface area contributed by atoms with E-state index in [1.54, 1.807) is 0 Å². The number of pyridine rings is 2. The average Bonchev–Trinajstić information content (AvgIpc) is 3.53. The molecule has 52 heavy (non-hydrogen) atoms. The molecule has 5 aromatic carbocycles. The Morgan fingerprint density at radius 1 is 0.442 bits per heavy atom. The van der Waals surface area contributed by atoms with E-state index in [-0.39, 0.29) is 10.8 Å². The maximum Gasteiger partial charge on any atom is 0.138 e. The van der Waals surface area contributed by atoms with Crippen molar-refractivity contribution in [3.8, 4) is 44.9 Å². The van der Waals surface area contributed by atoms with Crippen LogP contribution in [0.15, 0.2) is 140 Å². The lowest BCUT2D eigenvalue weighted by Gasteiger charge is -2.26. The van der Waals surface area contributed by atoms with Crippen molar-refractivity contribution in [2.24, 2.45) is 0 Å². The van der Waals surface area contributed by atoms with Crippen molar-refractivity contribution in [1.82, 2.24) is 15.0 Å². The van der Waals surface area contributed by atoms with Crippen LogP contribution in [0.2, 0.25) is 0 Å². The molecule has 0 saturated carbocycles. The van der Waals surface area contributed by atoms with Gasteiger partial charge in [0.05, 0.1) is 28.1 Å². The third-order valence-electron chi connectivity index (χ3n) is 10.4. The standard InChI is InChI=1S/C48H42N4/c1-47(2,3)33-26-37-38-27-34(48(4,5)6)29-40-43-24-32(30-15-9-7-10-16-30)25-44(50-43)52(35-18-11-8-12-19-35)36-20-13-17-31(23-36)41-21-14-22-42(49-41)39(28-33)45(37)51-46(38)40/h7-29,51H,1-6H3. The van der Waals surface area contributed by atoms with E-state index in [0.29, 0.717) is 0 Å². The number of anilines is 3. The van der Waals surface area contributed by atoms with Crippen molar-refractivity contribution in [2.75, 3.05) is 4.90 Å². The lowest BCUT2D eigenvalue weighted by atomic mass is 9.83. The van der Waals surface area contributed by atoms with Gasteiger partial charge in [-0.1, -0.05) is 108 Å². The number of nitrogens with zero attached hydrogens (tertiary/aromatic N) is 3. The molecule has 0 amide bonds. The first kappa shape index (κ1) is 31.9. The van der Waals surface area contributed by atoms with Gasteiger partial charge in [0, 0.05) is 38.8 Å². The predicted molar refractivity (Wildman–Crippen MR) is 219 cm³/mol. The van der Waals surface area contributed by atoms with E-state index in [2.05, 4.69) is 191 Å². The minimum atomic E-state index is -0.0931. The lowest BCUT2D eigenvalue weighted by Crippen LogP contribution is -2.13. The fraction of sp³-hybridized carbons (Fsp3) is 0.167. The Morgan fingerprint density at radius 3 is 1.65 bits per heavy atom. The van der Waals surface area contributed by atoms with E-state index < -0.39 is 0 Å². The normalized spacial score (nSPS) is 12.8. The van der Waals surface area contributed by atoms with Crippen molar-refractivity contribution in [1.29, 1.82) is 0 Å². The quantitative estimate of drug-likeness (QED) is 0.198. The fourth-order valence-electron chi connectivity index (χ4n) is 7.48. The van der Waals surface area contributed by atoms with Gasteiger partial charge in [-0.25, -0.2) is 9.97 Å². The molecule has 8 aromatic rings. The number of hydrogen-bond acceptors (Lipinski definition) is 3. The first-order chi connectivity index (χ1) is 25.0. The number of H-pyrrole nitrogens is 1. The number of rotatable bonds is 2. The third kappa shape index (κ3) is 5.47. The molecular formula is C48H42N4. The minimum Gasteiger partial charge on any atom is -0.353 e. The van der Waals surface area contributed by atoms with Gasteiger partial charge in [0.25, 0.3) is 0 Å². The molecule has 1 aliphatic heterocycles. The number of nitrogens with one attached hydrogen (secondary N) is 1. The molecule has 0 atom stereocenters. The van der Waals surface area contributed by atoms with E-state index in [1.807, 2.05) is 0 Å². The van der Waals surface area contributed by atoms with E-state index in [4.69, 9.17) is 9.97 Å². The molecule has 0 radical (unpaired) electrons. The van der Waals surface area contributed by atoms with Crippen LogP contribution < -0.4 is 4.90 Å². The number of aromatic nitrogens is 3. The fourth-order valence-corrected chi connectivity index (χ4v) is 7.48. The second-order valence-corrected chi connectivity index (χ2v) is 16.1. The highest BCUT2D eigenvalue weighted by Crippen LogP contribution is 2.45. The average molecular weight is 675 g/mol. The first-order valence-electron chi connectivity index (χ1n) is 18.2. The summed E-state index contributed by atoms with van der Waals surface area (Å²) in [5.74, 6) is 0.845. The van der Waals surface area contributed by atoms with E-state index in [1.165, 1.54) is 21.9 Å². The van der Waals surface area contributed by atoms with Crippen LogP contribution in [0, 0.1) is 0 Å². The van der Waals surface area contributed by atoms with Gasteiger partial charge in [0.15, 0.2) is 0 Å². The molecule has 0 spiro atoms. The Morgan fingerprint density at radius 2 is 1.00 bits per heavy atom. The van der Waals surface area contributed by atoms with Crippen molar-refractivity contribution >= 4 is 39.0 Å². The number of fused-ring (bicyclic) bond motifs is 10. The van der Waals surface area contributed by atoms with Crippen molar-refractivity contribution < 1.29 is 0 Å². The smallest absolute Gasteiger partial charge is 0.138 e. The molecule has 0 unspecified atom stereocenters. The molecule has 4 nitrogen and oxygen atoms in total. The molecule has 254 valence electrons. The molecule has 8 bridgehead atoms. The zero-order valence-electron chi connectivity index (χ0n) is 30.6. The molecule has 0 saturated heterocycles. The number of benzene rings is 5. The van der Waals surface area contributed by atoms with Crippen molar-refractivity contribution in [3.63, 3.8) is 0 Å². The molecule has 3 aromatic heterocycles. The van der Waals surface area contributed by atoms with Gasteiger partial charge in [-0.15, -0.1) is 0 Å². The van der Waals surface area contributed by atoms with Crippen molar-refractivity contribution in [3.05, 3.63) is 151 Å². The Hall–Kier alpha value is -6.00. The Labute approximate surface area is 305 Å². The summed E-state index contributed by atoms with van der Waals surface area (Å²) in [5, 5.41) is 2.41. The number of aromatic amines is 1. The van der Waals surface area contributed by atoms with Crippen LogP contribution in [0.1, 0.15) is 52.7 Å². The van der Waals surface area contributed by atoms with E-state index in [9.17, 15) is 0 Å². The Balaban J connectivity index is 1.48. The van der Waals surface area contributed by atoms with Crippen LogP contribution in [0.5, 0.6) is 0 Å². The summed E-state index contributed by atoms with van der Waals surface area (Å²) in [6.45, 7) is 13.8. The summed E-state index contributed by atoms with van der Waals surface area (Å²) in [5.41, 5.74) is 14.9. The van der Waals surface area contributed by atoms with Crippen molar-refractivity contribution in [2.45, 2.75) is 52.4 Å². The SMILES string of the molecule is CC(C)(C)c1cc2c3[nH]c4c(cc(C(C)(C)C)cc4c3c1)-c1cc(-c3ccccc3)cc(n1)N(c1ccccc1)c1cccc(c1)-c1cccc-2n1. The molecule has 0 fully saturated rings. The monoisotopic (exact) mass is 674 g/mol. The Kier molecular flexibility index (Phi) is 7.24. The predicted octanol–water partition coefficient (Wildman–Crippen LogP) is 13.2. The minimum absolute atomic E-state index is 0.0643. The molecule has 9 rings (SSSR count). The van der Waals surface area contributed by atoms with Gasteiger partial charge in [-0.2, -0.15) is 0 Å². The first-order valence-corrected chi connectivity index (χ1v) is 18.2. The topological polar surface area (TPSA) is 44.8 Å². The van der Waals surface area contributed by atoms with Crippen LogP contribution in [-0.2, 0) is 10.8 Å². The highest BCUT2D eigenvalue weighted by Gasteiger charge is 2.26. The highest BCUT2D eigenvalue weighted by atomic mass is 15.2. The molecule has 4 heterocycles. The van der Waals surface area contributed by atoms with Gasteiger partial charge < -0.3 is 4.98 Å². The summed E-state index contributed by atoms with van der Waals surface area (Å²) in [6.07, 6.45) is 0. The van der Waals surface area contributed by atoms with Crippen LogP contribution >= 0.6 is 0 Å². The van der Waals surface area contributed by atoms with E-state index in [0.717, 1.165) is 73.1 Å². The second kappa shape index (κ2) is 11.8. The van der Waals surface area contributed by atoms with Gasteiger partial charge >= 0.3 is 0 Å². The van der Waals surface area contributed by atoms with Gasteiger partial charge in [0.2, 0.25) is 0 Å². The zero-order chi connectivity index (χ0) is 35.8. The number of hydrogen-bond donors (Lipinski definition) is 1. The summed E-state index contributed by atoms with van der Waals surface area (Å²) >= 11 is 0. The van der Waals surface area contributed by atoms with Gasteiger partial charge in [-0.3, -0.25) is 4.90 Å². The van der Waals surface area contributed by atoms with E-state index >= 15 is 0 Å². The Bertz CT molecular complexity index is 2640. The molecular weight excluding hydrogens is 633 g/mol. The molecule has 0 aliphatic carbocycles. The lowest BCUT2D eigenvalue weighted by molar-refractivity contribution is 0.590. The number of para-hydroxylation sites is 1. The van der Waals surface area contributed by atoms with Crippen LogP contribution in [0.3, 0.4) is 0 Å². The zero-order valence-corrected chi connectivity index (χ0v) is 30.6. The summed E-state index contributed by atoms with van der Waals surface area (Å²) < 4.78 is 0. The molecule has 1 aliphatic rings. The third-order valence-corrected chi connectivity index (χ3v) is 10.4. The molecule has 4 heteroatoms. The van der Waals surface area contributed by atoms with Gasteiger partial charge in [-0.05, 0) is 106 Å². The highest BCUT2D eigenvalue weighted by molar-refractivity contribution is 6.16. The largest absolute Gasteiger partial charge is 0.353 e.